The first-order chi connectivity index (χ1) is 29.7. The third-order valence-corrected chi connectivity index (χ3v) is 11.7. The lowest BCUT2D eigenvalue weighted by molar-refractivity contribution is 1.18. The van der Waals surface area contributed by atoms with Gasteiger partial charge >= 0.3 is 0 Å². The third-order valence-electron chi connectivity index (χ3n) is 11.7. The average molecular weight is 763 g/mol. The van der Waals surface area contributed by atoms with Gasteiger partial charge in [-0.05, 0) is 88.2 Å². The van der Waals surface area contributed by atoms with Gasteiger partial charge in [0.15, 0.2) is 5.82 Å². The fourth-order valence-corrected chi connectivity index (χ4v) is 8.75. The zero-order chi connectivity index (χ0) is 39.8. The Balaban J connectivity index is 1.18. The molecule has 10 aromatic carbocycles. The highest BCUT2D eigenvalue weighted by Crippen LogP contribution is 2.38. The lowest BCUT2D eigenvalue weighted by Crippen LogP contribution is -1.96. The second kappa shape index (κ2) is 15.1. The summed E-state index contributed by atoms with van der Waals surface area (Å²) in [5.41, 5.74) is 9.48. The Kier molecular flexibility index (Phi) is 8.87. The number of hydrogen-bond acceptors (Lipinski definition) is 2. The van der Waals surface area contributed by atoms with Crippen LogP contribution in [-0.2, 0) is 0 Å². The van der Waals surface area contributed by atoms with E-state index >= 15 is 0 Å². The van der Waals surface area contributed by atoms with Gasteiger partial charge in [0.25, 0.3) is 0 Å². The molecule has 2 heteroatoms. The van der Waals surface area contributed by atoms with Crippen LogP contribution in [0, 0.1) is 0 Å². The SMILES string of the molecule is c1ccc(-c2ccc(-c3cc(-c4ccc(-c5ccccc5)cc4)nc(-c4ccc5c6ccccc6c6ccccc6c6ccccc6c6ccccc6c5c4)n3)cc2)cc1. The van der Waals surface area contributed by atoms with Crippen molar-refractivity contribution < 1.29 is 0 Å². The predicted octanol–water partition coefficient (Wildman–Crippen LogP) is 15.7. The van der Waals surface area contributed by atoms with Crippen LogP contribution in [0.5, 0.6) is 0 Å². The standard InChI is InChI=1S/C58H38N2/c1-3-15-39(16-4-1)41-27-31-43(32-28-41)56-38-57(44-33-29-42(30-34-44)40-17-5-2-6-18-40)60-58(59-56)45-35-36-54-52-25-12-11-23-50(52)48-21-8-7-19-46(48)47-20-9-10-22-49(47)51-24-13-14-26-53(51)55(54)37-45/h1-38H. The second-order valence-electron chi connectivity index (χ2n) is 15.3. The molecule has 0 amide bonds. The maximum absolute atomic E-state index is 5.35. The molecule has 0 aliphatic rings. The van der Waals surface area contributed by atoms with E-state index in [1.807, 2.05) is 0 Å². The molecular weight excluding hydrogens is 725 g/mol. The Morgan fingerprint density at radius 2 is 0.450 bits per heavy atom. The van der Waals surface area contributed by atoms with Crippen molar-refractivity contribution in [3.63, 3.8) is 0 Å². The lowest BCUT2D eigenvalue weighted by Gasteiger charge is -2.13. The maximum Gasteiger partial charge on any atom is 0.160 e. The Hall–Kier alpha value is -7.94. The number of nitrogens with zero attached hydrogens (tertiary/aromatic N) is 2. The Morgan fingerprint density at radius 1 is 0.183 bits per heavy atom. The quantitative estimate of drug-likeness (QED) is 0.174. The van der Waals surface area contributed by atoms with Crippen LogP contribution in [0.15, 0.2) is 231 Å². The van der Waals surface area contributed by atoms with Crippen molar-refractivity contribution in [2.24, 2.45) is 0 Å². The zero-order valence-corrected chi connectivity index (χ0v) is 32.8. The van der Waals surface area contributed by atoms with E-state index in [4.69, 9.17) is 9.97 Å². The summed E-state index contributed by atoms with van der Waals surface area (Å²) in [4.78, 5) is 10.7. The van der Waals surface area contributed by atoms with E-state index in [9.17, 15) is 0 Å². The van der Waals surface area contributed by atoms with Crippen LogP contribution in [0.4, 0.5) is 0 Å². The van der Waals surface area contributed by atoms with Crippen molar-refractivity contribution in [2.45, 2.75) is 0 Å². The van der Waals surface area contributed by atoms with Crippen LogP contribution in [0.2, 0.25) is 0 Å². The normalized spacial score (nSPS) is 11.3. The van der Waals surface area contributed by atoms with Crippen LogP contribution < -0.4 is 0 Å². The van der Waals surface area contributed by atoms with Crippen molar-refractivity contribution in [1.82, 2.24) is 9.97 Å². The van der Waals surface area contributed by atoms with Gasteiger partial charge in [-0.15, -0.1) is 0 Å². The molecule has 0 saturated heterocycles. The summed E-state index contributed by atoms with van der Waals surface area (Å²) in [5.74, 6) is 0.679. The van der Waals surface area contributed by atoms with Gasteiger partial charge < -0.3 is 0 Å². The van der Waals surface area contributed by atoms with Gasteiger partial charge in [0.05, 0.1) is 11.4 Å². The van der Waals surface area contributed by atoms with Gasteiger partial charge in [-0.25, -0.2) is 9.97 Å². The van der Waals surface area contributed by atoms with Crippen LogP contribution in [0.25, 0.3) is 110 Å². The van der Waals surface area contributed by atoms with Gasteiger partial charge in [-0.2, -0.15) is 0 Å². The molecule has 0 N–H and O–H groups in total. The van der Waals surface area contributed by atoms with Crippen molar-refractivity contribution in [1.29, 1.82) is 0 Å². The number of aromatic nitrogens is 2. The van der Waals surface area contributed by atoms with Gasteiger partial charge in [0, 0.05) is 16.7 Å². The van der Waals surface area contributed by atoms with Crippen molar-refractivity contribution in [3.05, 3.63) is 231 Å². The van der Waals surface area contributed by atoms with Gasteiger partial charge in [-0.3, -0.25) is 0 Å². The minimum Gasteiger partial charge on any atom is -0.228 e. The Morgan fingerprint density at radius 3 is 0.817 bits per heavy atom. The van der Waals surface area contributed by atoms with E-state index in [-0.39, 0.29) is 0 Å². The van der Waals surface area contributed by atoms with E-state index in [0.29, 0.717) is 5.82 Å². The molecular formula is C58H38N2. The van der Waals surface area contributed by atoms with Crippen molar-refractivity contribution in [2.75, 3.05) is 0 Å². The Bertz CT molecular complexity index is 3270. The number of benzene rings is 9. The molecule has 11 aromatic rings. The third kappa shape index (κ3) is 6.41. The van der Waals surface area contributed by atoms with Gasteiger partial charge in [-0.1, -0.05) is 218 Å². The summed E-state index contributed by atoms with van der Waals surface area (Å²) < 4.78 is 0. The van der Waals surface area contributed by atoms with E-state index in [1.54, 1.807) is 0 Å². The first kappa shape index (κ1) is 35.2. The predicted molar refractivity (Wildman–Crippen MR) is 254 cm³/mol. The molecule has 0 atom stereocenters. The van der Waals surface area contributed by atoms with E-state index in [1.165, 1.54) is 70.7 Å². The molecule has 0 bridgehead atoms. The average Bonchev–Trinajstić information content (AvgIpc) is 3.34. The maximum atomic E-state index is 5.35. The van der Waals surface area contributed by atoms with E-state index in [2.05, 4.69) is 231 Å². The molecule has 2 nitrogen and oxygen atoms in total. The molecule has 0 unspecified atom stereocenters. The summed E-state index contributed by atoms with van der Waals surface area (Å²) in [6, 6.07) is 82.6. The van der Waals surface area contributed by atoms with Crippen LogP contribution >= 0.6 is 0 Å². The monoisotopic (exact) mass is 762 g/mol. The largest absolute Gasteiger partial charge is 0.228 e. The number of rotatable bonds is 5. The highest BCUT2D eigenvalue weighted by molar-refractivity contribution is 6.26. The van der Waals surface area contributed by atoms with Crippen molar-refractivity contribution >= 4 is 53.9 Å². The molecule has 0 fully saturated rings. The second-order valence-corrected chi connectivity index (χ2v) is 15.3. The first-order valence-electron chi connectivity index (χ1n) is 20.5. The molecule has 0 radical (unpaired) electrons. The summed E-state index contributed by atoms with van der Waals surface area (Å²) in [6.45, 7) is 0. The number of fused-ring (bicyclic) bond motifs is 10. The lowest BCUT2D eigenvalue weighted by atomic mass is 9.93. The fourth-order valence-electron chi connectivity index (χ4n) is 8.75. The minimum atomic E-state index is 0.679. The summed E-state index contributed by atoms with van der Waals surface area (Å²) in [7, 11) is 0. The number of hydrogen-bond donors (Lipinski definition) is 0. The van der Waals surface area contributed by atoms with E-state index < -0.39 is 0 Å². The highest BCUT2D eigenvalue weighted by atomic mass is 14.9. The van der Waals surface area contributed by atoms with Crippen molar-refractivity contribution in [3.8, 4) is 56.2 Å². The smallest absolute Gasteiger partial charge is 0.160 e. The minimum absolute atomic E-state index is 0.679. The summed E-state index contributed by atoms with van der Waals surface area (Å²) >= 11 is 0. The summed E-state index contributed by atoms with van der Waals surface area (Å²) in [5, 5.41) is 11.9. The molecule has 0 saturated carbocycles. The molecule has 1 aromatic heterocycles. The molecule has 1 heterocycles. The Labute approximate surface area is 349 Å². The van der Waals surface area contributed by atoms with Crippen LogP contribution in [0.3, 0.4) is 0 Å². The van der Waals surface area contributed by atoms with Gasteiger partial charge in [0.1, 0.15) is 0 Å². The van der Waals surface area contributed by atoms with Gasteiger partial charge in [0.2, 0.25) is 0 Å². The highest BCUT2D eigenvalue weighted by Gasteiger charge is 2.14. The summed E-state index contributed by atoms with van der Waals surface area (Å²) in [6.07, 6.45) is 0. The van der Waals surface area contributed by atoms with Crippen LogP contribution in [-0.4, -0.2) is 9.97 Å². The molecule has 0 aliphatic heterocycles. The first-order valence-corrected chi connectivity index (χ1v) is 20.5. The zero-order valence-electron chi connectivity index (χ0n) is 32.8. The fraction of sp³-hybridized carbons (Fsp3) is 0. The van der Waals surface area contributed by atoms with E-state index in [0.717, 1.165) is 33.5 Å². The molecule has 60 heavy (non-hydrogen) atoms. The topological polar surface area (TPSA) is 25.8 Å². The molecule has 0 spiro atoms. The molecule has 0 aliphatic carbocycles. The molecule has 280 valence electrons. The van der Waals surface area contributed by atoms with Crippen LogP contribution in [0.1, 0.15) is 0 Å². The molecule has 11 rings (SSSR count).